The van der Waals surface area contributed by atoms with Crippen molar-refractivity contribution in [1.29, 1.82) is 0 Å². The molecule has 0 aromatic heterocycles. The van der Waals surface area contributed by atoms with Crippen LogP contribution in [0.1, 0.15) is 45.4 Å². The quantitative estimate of drug-likeness (QED) is 0.692. The topological polar surface area (TPSA) is 58.2 Å². The second-order valence-corrected chi connectivity index (χ2v) is 4.54. The first-order chi connectivity index (χ1) is 7.68. The average Bonchev–Trinajstić information content (AvgIpc) is 2.25. The third-order valence-corrected chi connectivity index (χ3v) is 3.02. The molecule has 1 aliphatic carbocycles. The molecule has 1 fully saturated rings. The molecule has 2 amide bonds. The van der Waals surface area contributed by atoms with Crippen molar-refractivity contribution < 1.29 is 9.59 Å². The molecule has 0 saturated heterocycles. The monoisotopic (exact) mass is 226 g/mol. The molecule has 16 heavy (non-hydrogen) atoms. The van der Waals surface area contributed by atoms with Crippen molar-refractivity contribution in [2.24, 2.45) is 5.92 Å². The highest BCUT2D eigenvalue weighted by atomic mass is 16.2. The highest BCUT2D eigenvalue weighted by Crippen LogP contribution is 2.25. The van der Waals surface area contributed by atoms with Gasteiger partial charge in [-0.15, -0.1) is 0 Å². The lowest BCUT2D eigenvalue weighted by atomic mass is 9.87. The summed E-state index contributed by atoms with van der Waals surface area (Å²) in [5.74, 6) is 0.647. The minimum atomic E-state index is -0.0541. The van der Waals surface area contributed by atoms with E-state index in [0.29, 0.717) is 25.4 Å². The van der Waals surface area contributed by atoms with Crippen molar-refractivity contribution in [2.75, 3.05) is 13.1 Å². The first-order valence-corrected chi connectivity index (χ1v) is 6.19. The molecule has 0 spiro atoms. The molecule has 0 heterocycles. The van der Waals surface area contributed by atoms with Crippen LogP contribution in [-0.2, 0) is 9.59 Å². The Bertz CT molecular complexity index is 235. The Labute approximate surface area is 97.2 Å². The van der Waals surface area contributed by atoms with Crippen LogP contribution in [0.3, 0.4) is 0 Å². The predicted molar refractivity (Wildman–Crippen MR) is 62.9 cm³/mol. The van der Waals surface area contributed by atoms with Gasteiger partial charge in [0.05, 0.1) is 0 Å². The van der Waals surface area contributed by atoms with Gasteiger partial charge in [0.1, 0.15) is 0 Å². The standard InChI is InChI=1S/C12H22N2O2/c1-10(15)13-7-8-14-12(16)9-11-5-3-2-4-6-11/h11H,2-9H2,1H3,(H,13,15)(H,14,16). The lowest BCUT2D eigenvalue weighted by Gasteiger charge is -2.20. The van der Waals surface area contributed by atoms with Gasteiger partial charge in [-0.05, 0) is 18.8 Å². The zero-order valence-electron chi connectivity index (χ0n) is 10.1. The lowest BCUT2D eigenvalue weighted by molar-refractivity contribution is -0.123. The molecule has 0 aliphatic heterocycles. The highest BCUT2D eigenvalue weighted by Gasteiger charge is 2.16. The van der Waals surface area contributed by atoms with Crippen LogP contribution >= 0.6 is 0 Å². The van der Waals surface area contributed by atoms with E-state index < -0.39 is 0 Å². The molecule has 4 heteroatoms. The van der Waals surface area contributed by atoms with Gasteiger partial charge in [0, 0.05) is 26.4 Å². The molecule has 0 unspecified atom stereocenters. The molecule has 1 aliphatic rings. The van der Waals surface area contributed by atoms with Crippen LogP contribution in [0.15, 0.2) is 0 Å². The van der Waals surface area contributed by atoms with Gasteiger partial charge in [-0.2, -0.15) is 0 Å². The van der Waals surface area contributed by atoms with Crippen LogP contribution < -0.4 is 10.6 Å². The smallest absolute Gasteiger partial charge is 0.220 e. The van der Waals surface area contributed by atoms with Crippen LogP contribution in [0.25, 0.3) is 0 Å². The number of amides is 2. The third kappa shape index (κ3) is 5.73. The second-order valence-electron chi connectivity index (χ2n) is 4.54. The van der Waals surface area contributed by atoms with E-state index in [1.54, 1.807) is 0 Å². The summed E-state index contributed by atoms with van der Waals surface area (Å²) in [6.45, 7) is 2.53. The summed E-state index contributed by atoms with van der Waals surface area (Å²) < 4.78 is 0. The van der Waals surface area contributed by atoms with Gasteiger partial charge >= 0.3 is 0 Å². The fourth-order valence-corrected chi connectivity index (χ4v) is 2.17. The van der Waals surface area contributed by atoms with Gasteiger partial charge < -0.3 is 10.6 Å². The molecule has 2 N–H and O–H groups in total. The first-order valence-electron chi connectivity index (χ1n) is 6.19. The molecule has 92 valence electrons. The third-order valence-electron chi connectivity index (χ3n) is 3.02. The first kappa shape index (κ1) is 13.0. The highest BCUT2D eigenvalue weighted by molar-refractivity contribution is 5.76. The number of rotatable bonds is 5. The average molecular weight is 226 g/mol. The van der Waals surface area contributed by atoms with E-state index in [1.165, 1.54) is 39.0 Å². The summed E-state index contributed by atoms with van der Waals surface area (Å²) in [7, 11) is 0. The Morgan fingerprint density at radius 2 is 1.69 bits per heavy atom. The van der Waals surface area contributed by atoms with Crippen molar-refractivity contribution >= 4 is 11.8 Å². The van der Waals surface area contributed by atoms with Crippen molar-refractivity contribution in [3.05, 3.63) is 0 Å². The normalized spacial score (nSPS) is 16.8. The summed E-state index contributed by atoms with van der Waals surface area (Å²) in [5, 5.41) is 5.48. The predicted octanol–water partition coefficient (Wildman–Crippen LogP) is 1.21. The Morgan fingerprint density at radius 1 is 1.06 bits per heavy atom. The zero-order valence-corrected chi connectivity index (χ0v) is 10.1. The van der Waals surface area contributed by atoms with Crippen molar-refractivity contribution in [2.45, 2.75) is 45.4 Å². The molecule has 4 nitrogen and oxygen atoms in total. The molecule has 0 atom stereocenters. The molecular weight excluding hydrogens is 204 g/mol. The lowest BCUT2D eigenvalue weighted by Crippen LogP contribution is -2.34. The van der Waals surface area contributed by atoms with Gasteiger partial charge in [-0.1, -0.05) is 19.3 Å². The molecule has 0 aromatic carbocycles. The van der Waals surface area contributed by atoms with Crippen LogP contribution in [-0.4, -0.2) is 24.9 Å². The number of carbonyl (C=O) groups is 2. The van der Waals surface area contributed by atoms with Crippen LogP contribution in [0.5, 0.6) is 0 Å². The summed E-state index contributed by atoms with van der Waals surface area (Å²) in [5.41, 5.74) is 0. The van der Waals surface area contributed by atoms with Crippen LogP contribution in [0, 0.1) is 5.92 Å². The minimum absolute atomic E-state index is 0.0541. The van der Waals surface area contributed by atoms with Crippen LogP contribution in [0.2, 0.25) is 0 Å². The minimum Gasteiger partial charge on any atom is -0.355 e. The molecular formula is C12H22N2O2. The Kier molecular flexibility index (Phi) is 5.90. The van der Waals surface area contributed by atoms with Crippen molar-refractivity contribution in [3.8, 4) is 0 Å². The maximum Gasteiger partial charge on any atom is 0.220 e. The van der Waals surface area contributed by atoms with Gasteiger partial charge in [-0.3, -0.25) is 9.59 Å². The maximum absolute atomic E-state index is 11.5. The van der Waals surface area contributed by atoms with Gasteiger partial charge in [0.25, 0.3) is 0 Å². The number of carbonyl (C=O) groups excluding carboxylic acids is 2. The second kappa shape index (κ2) is 7.25. The fourth-order valence-electron chi connectivity index (χ4n) is 2.17. The van der Waals surface area contributed by atoms with E-state index in [1.807, 2.05) is 0 Å². The molecule has 0 bridgehead atoms. The molecule has 0 radical (unpaired) electrons. The van der Waals surface area contributed by atoms with E-state index in [9.17, 15) is 9.59 Å². The van der Waals surface area contributed by atoms with E-state index in [0.717, 1.165) is 0 Å². The number of hydrogen-bond acceptors (Lipinski definition) is 2. The summed E-state index contributed by atoms with van der Waals surface area (Å²) in [6, 6.07) is 0. The van der Waals surface area contributed by atoms with Crippen molar-refractivity contribution in [1.82, 2.24) is 10.6 Å². The summed E-state index contributed by atoms with van der Waals surface area (Å²) in [4.78, 5) is 22.1. The molecule has 1 rings (SSSR count). The fraction of sp³-hybridized carbons (Fsp3) is 0.833. The Morgan fingerprint density at radius 3 is 2.31 bits per heavy atom. The van der Waals surface area contributed by atoms with E-state index >= 15 is 0 Å². The van der Waals surface area contributed by atoms with Crippen LogP contribution in [0.4, 0.5) is 0 Å². The zero-order chi connectivity index (χ0) is 11.8. The van der Waals surface area contributed by atoms with E-state index in [-0.39, 0.29) is 11.8 Å². The van der Waals surface area contributed by atoms with Crippen molar-refractivity contribution in [3.63, 3.8) is 0 Å². The largest absolute Gasteiger partial charge is 0.355 e. The SMILES string of the molecule is CC(=O)NCCNC(=O)CC1CCCCC1. The maximum atomic E-state index is 11.5. The Hall–Kier alpha value is -1.06. The van der Waals surface area contributed by atoms with E-state index in [2.05, 4.69) is 10.6 Å². The molecule has 1 saturated carbocycles. The van der Waals surface area contributed by atoms with Gasteiger partial charge in [0.15, 0.2) is 0 Å². The van der Waals surface area contributed by atoms with Gasteiger partial charge in [-0.25, -0.2) is 0 Å². The van der Waals surface area contributed by atoms with Gasteiger partial charge in [0.2, 0.25) is 11.8 Å². The Balaban J connectivity index is 2.03. The molecule has 0 aromatic rings. The number of hydrogen-bond donors (Lipinski definition) is 2. The number of nitrogens with one attached hydrogen (secondary N) is 2. The van der Waals surface area contributed by atoms with E-state index in [4.69, 9.17) is 0 Å². The summed E-state index contributed by atoms with van der Waals surface area (Å²) in [6.07, 6.45) is 6.90. The summed E-state index contributed by atoms with van der Waals surface area (Å²) >= 11 is 0.